The lowest BCUT2D eigenvalue weighted by Crippen LogP contribution is -2.47. The van der Waals surface area contributed by atoms with Crippen LogP contribution in [0.4, 0.5) is 4.79 Å². The number of likely N-dealkylation sites (N-methyl/N-ethyl adjacent to an activating group) is 1. The molecule has 0 aromatic carbocycles. The highest BCUT2D eigenvalue weighted by atomic mass is 16.2. The average molecular weight is 279 g/mol. The molecule has 4 amide bonds. The number of urea groups is 1. The van der Waals surface area contributed by atoms with Gasteiger partial charge in [0, 0.05) is 32.3 Å². The molecular formula is C14H21N3O3. The summed E-state index contributed by atoms with van der Waals surface area (Å²) < 4.78 is 0. The number of carbonyl (C=O) groups excluding carboxylic acids is 3. The van der Waals surface area contributed by atoms with E-state index in [-0.39, 0.29) is 30.4 Å². The highest BCUT2D eigenvalue weighted by Gasteiger charge is 2.38. The van der Waals surface area contributed by atoms with Crippen LogP contribution in [0.3, 0.4) is 0 Å². The predicted molar refractivity (Wildman–Crippen MR) is 73.9 cm³/mol. The van der Waals surface area contributed by atoms with Gasteiger partial charge in [0.05, 0.1) is 0 Å². The van der Waals surface area contributed by atoms with Crippen molar-refractivity contribution in [2.24, 2.45) is 0 Å². The van der Waals surface area contributed by atoms with Crippen LogP contribution in [-0.4, -0.2) is 65.3 Å². The molecule has 0 N–H and O–H groups in total. The van der Waals surface area contributed by atoms with Gasteiger partial charge in [-0.25, -0.2) is 4.79 Å². The Balaban J connectivity index is 1.92. The van der Waals surface area contributed by atoms with Crippen LogP contribution in [0.1, 0.15) is 26.7 Å². The molecule has 0 atom stereocenters. The molecule has 2 aliphatic rings. The summed E-state index contributed by atoms with van der Waals surface area (Å²) in [6, 6.07) is -0.156. The molecule has 6 nitrogen and oxygen atoms in total. The highest BCUT2D eigenvalue weighted by molar-refractivity contribution is 6.01. The Hall–Kier alpha value is -1.85. The third kappa shape index (κ3) is 2.84. The number of hydrogen-bond acceptors (Lipinski definition) is 3. The summed E-state index contributed by atoms with van der Waals surface area (Å²) in [5, 5.41) is 0. The van der Waals surface area contributed by atoms with Crippen molar-refractivity contribution < 1.29 is 14.4 Å². The van der Waals surface area contributed by atoms with Gasteiger partial charge in [0.15, 0.2) is 0 Å². The molecule has 20 heavy (non-hydrogen) atoms. The van der Waals surface area contributed by atoms with E-state index in [1.54, 1.807) is 15.9 Å². The van der Waals surface area contributed by atoms with Gasteiger partial charge in [-0.3, -0.25) is 14.5 Å². The third-order valence-corrected chi connectivity index (χ3v) is 3.84. The van der Waals surface area contributed by atoms with Crippen molar-refractivity contribution in [1.29, 1.82) is 0 Å². The van der Waals surface area contributed by atoms with Crippen molar-refractivity contribution in [1.82, 2.24) is 14.7 Å². The van der Waals surface area contributed by atoms with Crippen molar-refractivity contribution in [3.8, 4) is 0 Å². The normalized spacial score (nSPS) is 20.6. The molecule has 0 spiro atoms. The zero-order valence-electron chi connectivity index (χ0n) is 12.3. The van der Waals surface area contributed by atoms with Gasteiger partial charge >= 0.3 is 6.03 Å². The first-order valence-electron chi connectivity index (χ1n) is 6.91. The molecule has 0 aromatic heterocycles. The second-order valence-electron chi connectivity index (χ2n) is 5.64. The van der Waals surface area contributed by atoms with E-state index < -0.39 is 0 Å². The molecule has 0 aromatic rings. The second kappa shape index (κ2) is 5.64. The second-order valence-corrected chi connectivity index (χ2v) is 5.64. The zero-order chi connectivity index (χ0) is 14.9. The zero-order valence-corrected chi connectivity index (χ0v) is 12.3. The first-order chi connectivity index (χ1) is 9.40. The fourth-order valence-electron chi connectivity index (χ4n) is 2.64. The Bertz CT molecular complexity index is 460. The van der Waals surface area contributed by atoms with Crippen molar-refractivity contribution in [2.45, 2.75) is 32.7 Å². The minimum absolute atomic E-state index is 0.0318. The summed E-state index contributed by atoms with van der Waals surface area (Å²) >= 11 is 0. The lowest BCUT2D eigenvalue weighted by Gasteiger charge is -2.35. The Morgan fingerprint density at radius 2 is 1.80 bits per heavy atom. The topological polar surface area (TPSA) is 60.9 Å². The lowest BCUT2D eigenvalue weighted by molar-refractivity contribution is -0.128. The SMILES string of the molecule is CC(C)=CC(=O)N1CCC(N2CC(=O)N(C)C2=O)CC1. The van der Waals surface area contributed by atoms with Crippen LogP contribution >= 0.6 is 0 Å². The number of likely N-dealkylation sites (tertiary alicyclic amines) is 1. The van der Waals surface area contributed by atoms with E-state index >= 15 is 0 Å². The van der Waals surface area contributed by atoms with E-state index in [2.05, 4.69) is 0 Å². The van der Waals surface area contributed by atoms with Gasteiger partial charge < -0.3 is 9.80 Å². The largest absolute Gasteiger partial charge is 0.339 e. The first kappa shape index (κ1) is 14.6. The summed E-state index contributed by atoms with van der Waals surface area (Å²) in [5.41, 5.74) is 0.985. The van der Waals surface area contributed by atoms with Crippen LogP contribution in [0, 0.1) is 0 Å². The number of carbonyl (C=O) groups is 3. The number of piperidine rings is 1. The van der Waals surface area contributed by atoms with Gasteiger partial charge in [-0.05, 0) is 26.7 Å². The summed E-state index contributed by atoms with van der Waals surface area (Å²) in [6.07, 6.45) is 3.10. The van der Waals surface area contributed by atoms with Crippen LogP contribution in [0.25, 0.3) is 0 Å². The molecule has 2 fully saturated rings. The predicted octanol–water partition coefficient (Wildman–Crippen LogP) is 0.838. The molecular weight excluding hydrogens is 258 g/mol. The molecule has 0 radical (unpaired) electrons. The van der Waals surface area contributed by atoms with Crippen molar-refractivity contribution in [3.63, 3.8) is 0 Å². The maximum Gasteiger partial charge on any atom is 0.327 e. The molecule has 2 heterocycles. The summed E-state index contributed by atoms with van der Waals surface area (Å²) in [6.45, 7) is 5.23. The number of hydrogen-bond donors (Lipinski definition) is 0. The van der Waals surface area contributed by atoms with Gasteiger partial charge in [-0.2, -0.15) is 0 Å². The van der Waals surface area contributed by atoms with E-state index in [1.807, 2.05) is 13.8 Å². The molecule has 0 bridgehead atoms. The van der Waals surface area contributed by atoms with E-state index in [4.69, 9.17) is 0 Å². The molecule has 0 unspecified atom stereocenters. The Labute approximate surface area is 119 Å². The molecule has 2 saturated heterocycles. The molecule has 2 aliphatic heterocycles. The van der Waals surface area contributed by atoms with E-state index in [9.17, 15) is 14.4 Å². The number of rotatable bonds is 2. The summed E-state index contributed by atoms with van der Waals surface area (Å²) in [5.74, 6) is -0.123. The van der Waals surface area contributed by atoms with Crippen molar-refractivity contribution >= 4 is 17.8 Å². The maximum absolute atomic E-state index is 11.9. The minimum atomic E-state index is -0.218. The van der Waals surface area contributed by atoms with Gasteiger partial charge in [-0.1, -0.05) is 5.57 Å². The average Bonchev–Trinajstić information content (AvgIpc) is 2.66. The van der Waals surface area contributed by atoms with Gasteiger partial charge in [0.2, 0.25) is 11.8 Å². The van der Waals surface area contributed by atoms with Gasteiger partial charge in [-0.15, -0.1) is 0 Å². The van der Waals surface area contributed by atoms with Crippen LogP contribution in [0.2, 0.25) is 0 Å². The number of amides is 4. The summed E-state index contributed by atoms with van der Waals surface area (Å²) in [7, 11) is 1.51. The molecule has 2 rings (SSSR count). The smallest absolute Gasteiger partial charge is 0.327 e. The standard InChI is InChI=1S/C14H21N3O3/c1-10(2)8-12(18)16-6-4-11(5-7-16)17-9-13(19)15(3)14(17)20/h8,11H,4-7,9H2,1-3H3. The van der Waals surface area contributed by atoms with Crippen molar-refractivity contribution in [2.75, 3.05) is 26.7 Å². The number of allylic oxidation sites excluding steroid dienone is 1. The molecule has 0 saturated carbocycles. The van der Waals surface area contributed by atoms with Gasteiger partial charge in [0.25, 0.3) is 0 Å². The Morgan fingerprint density at radius 1 is 1.20 bits per heavy atom. The lowest BCUT2D eigenvalue weighted by atomic mass is 10.0. The molecule has 110 valence electrons. The Morgan fingerprint density at radius 3 is 2.25 bits per heavy atom. The summed E-state index contributed by atoms with van der Waals surface area (Å²) in [4.78, 5) is 39.9. The quantitative estimate of drug-likeness (QED) is 0.556. The maximum atomic E-state index is 11.9. The monoisotopic (exact) mass is 279 g/mol. The fourth-order valence-corrected chi connectivity index (χ4v) is 2.64. The van der Waals surface area contributed by atoms with Crippen LogP contribution in [0.5, 0.6) is 0 Å². The Kier molecular flexibility index (Phi) is 4.11. The van der Waals surface area contributed by atoms with Crippen molar-refractivity contribution in [3.05, 3.63) is 11.6 Å². The van der Waals surface area contributed by atoms with Gasteiger partial charge in [0.1, 0.15) is 6.54 Å². The molecule has 0 aliphatic carbocycles. The third-order valence-electron chi connectivity index (χ3n) is 3.84. The van der Waals surface area contributed by atoms with E-state index in [0.717, 1.165) is 18.4 Å². The molecule has 6 heteroatoms. The first-order valence-corrected chi connectivity index (χ1v) is 6.91. The van der Waals surface area contributed by atoms with E-state index in [0.29, 0.717) is 13.1 Å². The number of imide groups is 1. The van der Waals surface area contributed by atoms with Crippen LogP contribution < -0.4 is 0 Å². The fraction of sp³-hybridized carbons (Fsp3) is 0.643. The number of nitrogens with zero attached hydrogens (tertiary/aromatic N) is 3. The van der Waals surface area contributed by atoms with Crippen LogP contribution in [0.15, 0.2) is 11.6 Å². The minimum Gasteiger partial charge on any atom is -0.339 e. The highest BCUT2D eigenvalue weighted by Crippen LogP contribution is 2.21. The van der Waals surface area contributed by atoms with E-state index in [1.165, 1.54) is 11.9 Å². The van der Waals surface area contributed by atoms with Crippen LogP contribution in [-0.2, 0) is 9.59 Å².